The summed E-state index contributed by atoms with van der Waals surface area (Å²) in [6, 6.07) is 0. The maximum absolute atomic E-state index is 12.6. The number of carbonyl (C=O) groups is 3. The lowest BCUT2D eigenvalue weighted by Crippen LogP contribution is -2.42. The third-order valence-corrected chi connectivity index (χ3v) is 9.51. The molecule has 0 aromatic carbocycles. The highest BCUT2D eigenvalue weighted by molar-refractivity contribution is 5.70. The molecule has 49 heavy (non-hydrogen) atoms. The minimum absolute atomic E-state index is 0.161. The monoisotopic (exact) mass is 697 g/mol. The molecule has 0 radical (unpaired) electrons. The first kappa shape index (κ1) is 47.4. The van der Waals surface area contributed by atoms with Crippen LogP contribution in [0.25, 0.3) is 0 Å². The lowest BCUT2D eigenvalue weighted by molar-refractivity contribution is -0.165. The molecule has 0 unspecified atom stereocenters. The van der Waals surface area contributed by atoms with E-state index in [2.05, 4.69) is 34.6 Å². The van der Waals surface area contributed by atoms with E-state index in [0.717, 1.165) is 70.6 Å². The molecular weight excluding hydrogens is 616 g/mol. The normalized spacial score (nSPS) is 11.8. The van der Waals surface area contributed by atoms with Crippen molar-refractivity contribution in [1.29, 1.82) is 0 Å². The van der Waals surface area contributed by atoms with Crippen LogP contribution in [0, 0.1) is 17.3 Å². The summed E-state index contributed by atoms with van der Waals surface area (Å²) < 4.78 is 16.7. The summed E-state index contributed by atoms with van der Waals surface area (Å²) in [7, 11) is 0. The summed E-state index contributed by atoms with van der Waals surface area (Å²) in [6.45, 7) is 10.2. The van der Waals surface area contributed by atoms with E-state index < -0.39 is 12.0 Å². The number of aliphatic hydroxyl groups excluding tert-OH is 1. The van der Waals surface area contributed by atoms with E-state index in [1.165, 1.54) is 83.5 Å². The molecule has 0 rings (SSSR count). The summed E-state index contributed by atoms with van der Waals surface area (Å²) in [5, 5.41) is 10.4. The fourth-order valence-corrected chi connectivity index (χ4v) is 5.99. The Hall–Kier alpha value is -1.63. The van der Waals surface area contributed by atoms with Crippen molar-refractivity contribution >= 4 is 17.9 Å². The molecule has 0 aliphatic heterocycles. The van der Waals surface area contributed by atoms with E-state index in [1.807, 2.05) is 0 Å². The smallest absolute Gasteiger partial charge is 0.305 e. The molecule has 0 aliphatic carbocycles. The predicted octanol–water partition coefficient (Wildman–Crippen LogP) is 11.5. The highest BCUT2D eigenvalue weighted by atomic mass is 16.6. The van der Waals surface area contributed by atoms with Crippen LogP contribution in [-0.2, 0) is 28.6 Å². The molecule has 7 nitrogen and oxygen atoms in total. The molecule has 290 valence electrons. The number of unbranched alkanes of at least 4 members (excludes halogenated alkanes) is 19. The Kier molecular flexibility index (Phi) is 32.4. The molecule has 0 amide bonds. The molecule has 0 aliphatic rings. The molecule has 0 saturated carbocycles. The molecule has 0 fully saturated rings. The van der Waals surface area contributed by atoms with Crippen LogP contribution < -0.4 is 0 Å². The lowest BCUT2D eigenvalue weighted by Gasteiger charge is -2.30. The van der Waals surface area contributed by atoms with Gasteiger partial charge in [0.05, 0.1) is 12.0 Å². The van der Waals surface area contributed by atoms with E-state index in [1.54, 1.807) is 0 Å². The highest BCUT2D eigenvalue weighted by Gasteiger charge is 2.35. The van der Waals surface area contributed by atoms with Crippen LogP contribution in [0.4, 0.5) is 0 Å². The summed E-state index contributed by atoms with van der Waals surface area (Å²) in [5.41, 5.74) is -1.18. The Morgan fingerprint density at radius 2 is 0.714 bits per heavy atom. The van der Waals surface area contributed by atoms with Gasteiger partial charge in [0, 0.05) is 19.3 Å². The maximum Gasteiger partial charge on any atom is 0.305 e. The van der Waals surface area contributed by atoms with Crippen LogP contribution in [0.1, 0.15) is 208 Å². The summed E-state index contributed by atoms with van der Waals surface area (Å²) in [5.74, 6) is 0.353. The Morgan fingerprint density at radius 3 is 0.980 bits per heavy atom. The Bertz CT molecular complexity index is 743. The van der Waals surface area contributed by atoms with Gasteiger partial charge >= 0.3 is 17.9 Å². The number of hydrogen-bond acceptors (Lipinski definition) is 7. The first-order chi connectivity index (χ1) is 23.6. The van der Waals surface area contributed by atoms with Crippen molar-refractivity contribution in [2.45, 2.75) is 208 Å². The van der Waals surface area contributed by atoms with E-state index in [0.29, 0.717) is 31.1 Å². The first-order valence-corrected chi connectivity index (χ1v) is 20.7. The number of ether oxygens (including phenoxy) is 3. The quantitative estimate of drug-likeness (QED) is 0.0395. The second-order valence-corrected chi connectivity index (χ2v) is 15.7. The SMILES string of the molecule is CCCCCCCCCCCCCCCCC(=O)OCC(CO)(COC(=O)CCCCCCC(C)C)COC(=O)CCCCCCC(C)C. The maximum atomic E-state index is 12.6. The van der Waals surface area contributed by atoms with E-state index in [-0.39, 0.29) is 37.7 Å². The van der Waals surface area contributed by atoms with E-state index in [4.69, 9.17) is 14.2 Å². The summed E-state index contributed by atoms with van der Waals surface area (Å²) in [4.78, 5) is 37.7. The van der Waals surface area contributed by atoms with E-state index in [9.17, 15) is 19.5 Å². The zero-order valence-corrected chi connectivity index (χ0v) is 33.0. The van der Waals surface area contributed by atoms with Gasteiger partial charge in [-0.2, -0.15) is 0 Å². The number of hydrogen-bond donors (Lipinski definition) is 1. The average molecular weight is 697 g/mol. The zero-order valence-electron chi connectivity index (χ0n) is 33.0. The number of aliphatic hydroxyl groups is 1. The minimum atomic E-state index is -1.18. The highest BCUT2D eigenvalue weighted by Crippen LogP contribution is 2.22. The van der Waals surface area contributed by atoms with Gasteiger partial charge in [-0.1, -0.05) is 169 Å². The van der Waals surface area contributed by atoms with Gasteiger partial charge in [0.25, 0.3) is 0 Å². The van der Waals surface area contributed by atoms with Crippen LogP contribution in [0.15, 0.2) is 0 Å². The second kappa shape index (κ2) is 33.5. The van der Waals surface area contributed by atoms with Crippen molar-refractivity contribution in [2.75, 3.05) is 26.4 Å². The van der Waals surface area contributed by atoms with Gasteiger partial charge in [0.2, 0.25) is 0 Å². The van der Waals surface area contributed by atoms with Crippen molar-refractivity contribution in [3.05, 3.63) is 0 Å². The fourth-order valence-electron chi connectivity index (χ4n) is 5.99. The number of esters is 3. The molecule has 1 N–H and O–H groups in total. The van der Waals surface area contributed by atoms with Crippen molar-refractivity contribution in [3.63, 3.8) is 0 Å². The van der Waals surface area contributed by atoms with Crippen LogP contribution >= 0.6 is 0 Å². The Morgan fingerprint density at radius 1 is 0.449 bits per heavy atom. The molecule has 7 heteroatoms. The van der Waals surface area contributed by atoms with Crippen LogP contribution in [0.3, 0.4) is 0 Å². The second-order valence-electron chi connectivity index (χ2n) is 15.7. The molecule has 0 aromatic heterocycles. The van der Waals surface area contributed by atoms with Gasteiger partial charge in [-0.3, -0.25) is 14.4 Å². The molecule has 0 atom stereocenters. The lowest BCUT2D eigenvalue weighted by atomic mass is 9.92. The first-order valence-electron chi connectivity index (χ1n) is 20.7. The van der Waals surface area contributed by atoms with Crippen molar-refractivity contribution in [1.82, 2.24) is 0 Å². The average Bonchev–Trinajstić information content (AvgIpc) is 3.07. The molecule has 0 spiro atoms. The van der Waals surface area contributed by atoms with Crippen molar-refractivity contribution in [3.8, 4) is 0 Å². The third-order valence-electron chi connectivity index (χ3n) is 9.51. The van der Waals surface area contributed by atoms with Crippen LogP contribution in [0.5, 0.6) is 0 Å². The van der Waals surface area contributed by atoms with Gasteiger partial charge in [0.1, 0.15) is 19.8 Å². The van der Waals surface area contributed by atoms with E-state index >= 15 is 0 Å². The standard InChI is InChI=1S/C42H80O7/c1-6-7-8-9-10-11-12-13-14-15-16-17-18-25-30-39(44)47-34-42(33-43,35-48-40(45)31-26-21-19-23-28-37(2)3)36-49-41(46)32-27-22-20-24-29-38(4)5/h37-38,43H,6-36H2,1-5H3. The van der Waals surface area contributed by atoms with Gasteiger partial charge in [-0.05, 0) is 31.1 Å². The molecule has 0 aromatic rings. The predicted molar refractivity (Wildman–Crippen MR) is 202 cm³/mol. The molecular formula is C42H80O7. The largest absolute Gasteiger partial charge is 0.465 e. The van der Waals surface area contributed by atoms with Gasteiger partial charge in [-0.15, -0.1) is 0 Å². The molecule has 0 saturated heterocycles. The molecule has 0 bridgehead atoms. The van der Waals surface area contributed by atoms with Gasteiger partial charge < -0.3 is 19.3 Å². The van der Waals surface area contributed by atoms with Gasteiger partial charge in [-0.25, -0.2) is 0 Å². The Labute approximate surface area is 302 Å². The number of carbonyl (C=O) groups excluding carboxylic acids is 3. The van der Waals surface area contributed by atoms with Crippen molar-refractivity contribution < 1.29 is 33.7 Å². The van der Waals surface area contributed by atoms with Crippen molar-refractivity contribution in [2.24, 2.45) is 17.3 Å². The fraction of sp³-hybridized carbons (Fsp3) is 0.929. The number of rotatable bonds is 36. The van der Waals surface area contributed by atoms with Gasteiger partial charge in [0.15, 0.2) is 0 Å². The topological polar surface area (TPSA) is 99.1 Å². The third kappa shape index (κ3) is 32.0. The summed E-state index contributed by atoms with van der Waals surface area (Å²) >= 11 is 0. The minimum Gasteiger partial charge on any atom is -0.465 e. The zero-order chi connectivity index (χ0) is 36.4. The Balaban J connectivity index is 4.55. The van der Waals surface area contributed by atoms with Crippen LogP contribution in [0.2, 0.25) is 0 Å². The van der Waals surface area contributed by atoms with Crippen LogP contribution in [-0.4, -0.2) is 49.4 Å². The summed E-state index contributed by atoms with van der Waals surface area (Å²) in [6.07, 6.45) is 28.8. The molecule has 0 heterocycles.